The van der Waals surface area contributed by atoms with Crippen molar-refractivity contribution in [2.45, 2.75) is 18.9 Å². The summed E-state index contributed by atoms with van der Waals surface area (Å²) in [7, 11) is 1.61. The van der Waals surface area contributed by atoms with Gasteiger partial charge in [0.2, 0.25) is 0 Å². The Bertz CT molecular complexity index is 124. The van der Waals surface area contributed by atoms with Gasteiger partial charge in [-0.15, -0.1) is 0 Å². The number of unbranched alkanes of at least 4 members (excludes halogenated alkanes) is 1. The molecule has 0 aromatic rings. The summed E-state index contributed by atoms with van der Waals surface area (Å²) in [5, 5.41) is 21.0. The van der Waals surface area contributed by atoms with E-state index in [1.165, 1.54) is 0 Å². The second kappa shape index (κ2) is 11.9. The maximum Gasteiger partial charge on any atom is 0.0897 e. The molecule has 0 aromatic heterocycles. The average molecular weight is 221 g/mol. The summed E-state index contributed by atoms with van der Waals surface area (Å²) in [6, 6.07) is 0. The van der Waals surface area contributed by atoms with Crippen LogP contribution < -0.4 is 5.32 Å². The van der Waals surface area contributed by atoms with Gasteiger partial charge in [-0.2, -0.15) is 0 Å². The Hall–Kier alpha value is -0.200. The fourth-order valence-corrected chi connectivity index (χ4v) is 1.05. The highest BCUT2D eigenvalue weighted by Crippen LogP contribution is 1.87. The highest BCUT2D eigenvalue weighted by atomic mass is 16.5. The number of ether oxygens (including phenoxy) is 2. The van der Waals surface area contributed by atoms with Crippen molar-refractivity contribution < 1.29 is 19.7 Å². The molecule has 0 bridgehead atoms. The van der Waals surface area contributed by atoms with E-state index in [2.05, 4.69) is 5.32 Å². The van der Waals surface area contributed by atoms with E-state index in [1.54, 1.807) is 7.11 Å². The number of nitrogens with one attached hydrogen (secondary N) is 1. The standard InChI is InChI=1S/C10H23NO4/c1-14-6-7-15-9-10(13)8-11-4-2-3-5-12/h10-13H,2-9H2,1H3. The van der Waals surface area contributed by atoms with Crippen LogP contribution in [0.3, 0.4) is 0 Å². The summed E-state index contributed by atoms with van der Waals surface area (Å²) in [4.78, 5) is 0. The van der Waals surface area contributed by atoms with Gasteiger partial charge < -0.3 is 25.0 Å². The Balaban J connectivity index is 3.08. The molecule has 92 valence electrons. The fraction of sp³-hybridized carbons (Fsp3) is 1.00. The Morgan fingerprint density at radius 3 is 2.73 bits per heavy atom. The Morgan fingerprint density at radius 2 is 2.07 bits per heavy atom. The lowest BCUT2D eigenvalue weighted by Gasteiger charge is -2.11. The van der Waals surface area contributed by atoms with Crippen molar-refractivity contribution in [1.29, 1.82) is 0 Å². The highest BCUT2D eigenvalue weighted by molar-refractivity contribution is 4.58. The minimum absolute atomic E-state index is 0.227. The first-order chi connectivity index (χ1) is 7.31. The van der Waals surface area contributed by atoms with Gasteiger partial charge in [0.05, 0.1) is 25.9 Å². The van der Waals surface area contributed by atoms with E-state index >= 15 is 0 Å². The highest BCUT2D eigenvalue weighted by Gasteiger charge is 2.02. The molecule has 5 heteroatoms. The van der Waals surface area contributed by atoms with Crippen LogP contribution in [0.4, 0.5) is 0 Å². The molecule has 15 heavy (non-hydrogen) atoms. The quantitative estimate of drug-likeness (QED) is 0.405. The molecule has 0 fully saturated rings. The van der Waals surface area contributed by atoms with Crippen LogP contribution in [0.15, 0.2) is 0 Å². The van der Waals surface area contributed by atoms with Crippen LogP contribution in [-0.4, -0.2) is 62.9 Å². The van der Waals surface area contributed by atoms with E-state index in [9.17, 15) is 5.11 Å². The third kappa shape index (κ3) is 11.7. The zero-order valence-electron chi connectivity index (χ0n) is 9.45. The lowest BCUT2D eigenvalue weighted by atomic mass is 10.3. The molecule has 0 saturated carbocycles. The van der Waals surface area contributed by atoms with E-state index in [-0.39, 0.29) is 6.61 Å². The molecule has 3 N–H and O–H groups in total. The first kappa shape index (κ1) is 14.8. The van der Waals surface area contributed by atoms with Crippen molar-refractivity contribution in [1.82, 2.24) is 5.32 Å². The molecule has 0 saturated heterocycles. The van der Waals surface area contributed by atoms with Crippen LogP contribution in [0.2, 0.25) is 0 Å². The molecule has 0 aliphatic carbocycles. The third-order valence-electron chi connectivity index (χ3n) is 1.88. The van der Waals surface area contributed by atoms with Gasteiger partial charge in [0.25, 0.3) is 0 Å². The van der Waals surface area contributed by atoms with Crippen molar-refractivity contribution in [3.8, 4) is 0 Å². The maximum absolute atomic E-state index is 9.43. The average Bonchev–Trinajstić information content (AvgIpc) is 2.24. The topological polar surface area (TPSA) is 71.0 Å². The first-order valence-electron chi connectivity index (χ1n) is 5.37. The zero-order valence-corrected chi connectivity index (χ0v) is 9.45. The van der Waals surface area contributed by atoms with Gasteiger partial charge in [0, 0.05) is 20.3 Å². The van der Waals surface area contributed by atoms with Crippen LogP contribution in [0.25, 0.3) is 0 Å². The zero-order chi connectivity index (χ0) is 11.4. The van der Waals surface area contributed by atoms with Crippen molar-refractivity contribution in [2.75, 3.05) is 46.6 Å². The number of rotatable bonds is 11. The lowest BCUT2D eigenvalue weighted by molar-refractivity contribution is 0.0138. The van der Waals surface area contributed by atoms with Gasteiger partial charge in [-0.3, -0.25) is 0 Å². The number of aliphatic hydroxyl groups excluding tert-OH is 2. The summed E-state index contributed by atoms with van der Waals surface area (Å²) < 4.78 is 9.96. The smallest absolute Gasteiger partial charge is 0.0897 e. The van der Waals surface area contributed by atoms with Crippen LogP contribution in [-0.2, 0) is 9.47 Å². The molecular formula is C10H23NO4. The van der Waals surface area contributed by atoms with Gasteiger partial charge in [0.1, 0.15) is 0 Å². The SMILES string of the molecule is COCCOCC(O)CNCCCCO. The van der Waals surface area contributed by atoms with Gasteiger partial charge in [-0.1, -0.05) is 0 Å². The summed E-state index contributed by atoms with van der Waals surface area (Å²) in [5.41, 5.74) is 0. The van der Waals surface area contributed by atoms with Crippen molar-refractivity contribution >= 4 is 0 Å². The lowest BCUT2D eigenvalue weighted by Crippen LogP contribution is -2.31. The second-order valence-electron chi connectivity index (χ2n) is 3.36. The summed E-state index contributed by atoms with van der Waals surface area (Å²) in [5.74, 6) is 0. The summed E-state index contributed by atoms with van der Waals surface area (Å²) in [6.45, 7) is 2.96. The Kier molecular flexibility index (Phi) is 11.7. The molecule has 0 spiro atoms. The molecule has 0 heterocycles. The Morgan fingerprint density at radius 1 is 1.27 bits per heavy atom. The summed E-state index contributed by atoms with van der Waals surface area (Å²) in [6.07, 6.45) is 1.25. The second-order valence-corrected chi connectivity index (χ2v) is 3.36. The monoisotopic (exact) mass is 221 g/mol. The molecule has 1 unspecified atom stereocenters. The van der Waals surface area contributed by atoms with Crippen LogP contribution in [0.1, 0.15) is 12.8 Å². The predicted molar refractivity (Wildman–Crippen MR) is 57.9 cm³/mol. The molecule has 0 aromatic carbocycles. The number of hydrogen-bond acceptors (Lipinski definition) is 5. The molecule has 1 atom stereocenters. The molecule has 0 radical (unpaired) electrons. The largest absolute Gasteiger partial charge is 0.396 e. The molecule has 0 aliphatic rings. The van der Waals surface area contributed by atoms with Crippen LogP contribution in [0, 0.1) is 0 Å². The van der Waals surface area contributed by atoms with Crippen molar-refractivity contribution in [2.24, 2.45) is 0 Å². The molecule has 0 aliphatic heterocycles. The summed E-state index contributed by atoms with van der Waals surface area (Å²) >= 11 is 0. The van der Waals surface area contributed by atoms with Crippen LogP contribution >= 0.6 is 0 Å². The Labute approximate surface area is 91.4 Å². The predicted octanol–water partition coefficient (Wildman–Crippen LogP) is -0.628. The van der Waals surface area contributed by atoms with Crippen LogP contribution in [0.5, 0.6) is 0 Å². The fourth-order valence-electron chi connectivity index (χ4n) is 1.05. The van der Waals surface area contributed by atoms with E-state index in [0.29, 0.717) is 26.4 Å². The number of aliphatic hydroxyl groups is 2. The molecule has 0 rings (SSSR count). The van der Waals surface area contributed by atoms with Gasteiger partial charge in [-0.25, -0.2) is 0 Å². The third-order valence-corrected chi connectivity index (χ3v) is 1.88. The van der Waals surface area contributed by atoms with Gasteiger partial charge >= 0.3 is 0 Å². The maximum atomic E-state index is 9.43. The molecular weight excluding hydrogens is 198 g/mol. The van der Waals surface area contributed by atoms with Gasteiger partial charge in [0.15, 0.2) is 0 Å². The minimum Gasteiger partial charge on any atom is -0.396 e. The van der Waals surface area contributed by atoms with E-state index < -0.39 is 6.10 Å². The van der Waals surface area contributed by atoms with E-state index in [1.807, 2.05) is 0 Å². The molecule has 0 amide bonds. The normalized spacial score (nSPS) is 13.0. The first-order valence-corrected chi connectivity index (χ1v) is 5.37. The van der Waals surface area contributed by atoms with Crippen molar-refractivity contribution in [3.63, 3.8) is 0 Å². The number of methoxy groups -OCH3 is 1. The minimum atomic E-state index is -0.476. The molecule has 5 nitrogen and oxygen atoms in total. The van der Waals surface area contributed by atoms with Crippen molar-refractivity contribution in [3.05, 3.63) is 0 Å². The van der Waals surface area contributed by atoms with E-state index in [0.717, 1.165) is 19.4 Å². The van der Waals surface area contributed by atoms with E-state index in [4.69, 9.17) is 14.6 Å². The number of hydrogen-bond donors (Lipinski definition) is 3. The van der Waals surface area contributed by atoms with Gasteiger partial charge in [-0.05, 0) is 19.4 Å².